The summed E-state index contributed by atoms with van der Waals surface area (Å²) >= 11 is 0. The Labute approximate surface area is 149 Å². The van der Waals surface area contributed by atoms with Crippen LogP contribution in [0.25, 0.3) is 0 Å². The standard InChI is InChI=1S/C18H18F2N4O2/c1-3-12(4-2)11-26-16-8-14-10-23(5-6-24(14)22-16)18(25)17-15(20)7-13(19)9-21-17/h3-4,7-9H,1,5-6,10-11H2,2H3/b12-4+. The molecule has 2 aromatic heterocycles. The van der Waals surface area contributed by atoms with Crippen LogP contribution in [0.3, 0.4) is 0 Å². The molecule has 0 aliphatic carbocycles. The zero-order valence-electron chi connectivity index (χ0n) is 14.3. The van der Waals surface area contributed by atoms with Gasteiger partial charge in [-0.25, -0.2) is 13.8 Å². The quantitative estimate of drug-likeness (QED) is 0.770. The minimum atomic E-state index is -0.971. The normalized spacial score (nSPS) is 14.1. The number of hydrogen-bond donors (Lipinski definition) is 0. The van der Waals surface area contributed by atoms with Crippen molar-refractivity contribution in [3.05, 3.63) is 65.7 Å². The minimum absolute atomic E-state index is 0.242. The van der Waals surface area contributed by atoms with Gasteiger partial charge in [-0.2, -0.15) is 0 Å². The number of hydrogen-bond acceptors (Lipinski definition) is 4. The number of carbonyl (C=O) groups excluding carboxylic acids is 1. The Hall–Kier alpha value is -3.03. The fourth-order valence-corrected chi connectivity index (χ4v) is 2.62. The summed E-state index contributed by atoms with van der Waals surface area (Å²) in [4.78, 5) is 17.5. The number of carbonyl (C=O) groups is 1. The molecular formula is C18H18F2N4O2. The predicted molar refractivity (Wildman–Crippen MR) is 90.6 cm³/mol. The first-order chi connectivity index (χ1) is 12.5. The van der Waals surface area contributed by atoms with Gasteiger partial charge in [0.05, 0.1) is 25.0 Å². The van der Waals surface area contributed by atoms with E-state index in [0.29, 0.717) is 31.6 Å². The summed E-state index contributed by atoms with van der Waals surface area (Å²) < 4.78 is 34.1. The summed E-state index contributed by atoms with van der Waals surface area (Å²) in [6, 6.07) is 2.39. The third kappa shape index (κ3) is 3.63. The number of aromatic nitrogens is 3. The molecule has 0 unspecified atom stereocenters. The first kappa shape index (κ1) is 17.8. The van der Waals surface area contributed by atoms with Crippen molar-refractivity contribution in [3.63, 3.8) is 0 Å². The Kier molecular flexibility index (Phi) is 5.11. The lowest BCUT2D eigenvalue weighted by molar-refractivity contribution is 0.0694. The summed E-state index contributed by atoms with van der Waals surface area (Å²) in [5.74, 6) is -1.93. The molecule has 1 aliphatic heterocycles. The van der Waals surface area contributed by atoms with Crippen LogP contribution in [0.15, 0.2) is 42.6 Å². The smallest absolute Gasteiger partial charge is 0.275 e. The lowest BCUT2D eigenvalue weighted by Gasteiger charge is -2.27. The molecule has 0 N–H and O–H groups in total. The number of rotatable bonds is 5. The van der Waals surface area contributed by atoms with E-state index < -0.39 is 17.5 Å². The SMILES string of the molecule is C=C/C(=C\C)COc1cc2n(n1)CCN(C(=O)c1ncc(F)cc1F)C2. The summed E-state index contributed by atoms with van der Waals surface area (Å²) in [5.41, 5.74) is 1.31. The first-order valence-corrected chi connectivity index (χ1v) is 8.09. The highest BCUT2D eigenvalue weighted by atomic mass is 19.1. The van der Waals surface area contributed by atoms with Crippen LogP contribution in [0.5, 0.6) is 5.88 Å². The first-order valence-electron chi connectivity index (χ1n) is 8.09. The molecule has 3 heterocycles. The molecule has 6 nitrogen and oxygen atoms in total. The minimum Gasteiger partial charge on any atom is -0.472 e. The lowest BCUT2D eigenvalue weighted by atomic mass is 10.2. The van der Waals surface area contributed by atoms with Gasteiger partial charge in [-0.3, -0.25) is 9.48 Å². The van der Waals surface area contributed by atoms with Crippen molar-refractivity contribution in [2.75, 3.05) is 13.2 Å². The molecule has 0 spiro atoms. The average Bonchev–Trinajstić information content (AvgIpc) is 3.04. The fourth-order valence-electron chi connectivity index (χ4n) is 2.62. The zero-order chi connectivity index (χ0) is 18.7. The van der Waals surface area contributed by atoms with Crippen LogP contribution in [-0.4, -0.2) is 38.7 Å². The van der Waals surface area contributed by atoms with Gasteiger partial charge in [-0.15, -0.1) is 5.10 Å². The Morgan fingerprint density at radius 3 is 2.88 bits per heavy atom. The molecule has 0 aromatic carbocycles. The van der Waals surface area contributed by atoms with Crippen molar-refractivity contribution >= 4 is 5.91 Å². The van der Waals surface area contributed by atoms with Crippen molar-refractivity contribution in [2.24, 2.45) is 0 Å². The van der Waals surface area contributed by atoms with Crippen LogP contribution in [0.1, 0.15) is 23.1 Å². The number of halogens is 2. The molecular weight excluding hydrogens is 342 g/mol. The number of pyridine rings is 1. The van der Waals surface area contributed by atoms with E-state index in [4.69, 9.17) is 4.74 Å². The Balaban J connectivity index is 1.71. The number of amides is 1. The van der Waals surface area contributed by atoms with Gasteiger partial charge in [0.2, 0.25) is 5.88 Å². The number of ether oxygens (including phenoxy) is 1. The van der Waals surface area contributed by atoms with E-state index in [2.05, 4.69) is 16.7 Å². The zero-order valence-corrected chi connectivity index (χ0v) is 14.3. The monoisotopic (exact) mass is 360 g/mol. The lowest BCUT2D eigenvalue weighted by Crippen LogP contribution is -2.39. The van der Waals surface area contributed by atoms with E-state index >= 15 is 0 Å². The number of allylic oxidation sites excluding steroid dienone is 1. The molecule has 3 rings (SSSR count). The maximum absolute atomic E-state index is 13.8. The number of nitrogens with zero attached hydrogens (tertiary/aromatic N) is 4. The van der Waals surface area contributed by atoms with Gasteiger partial charge in [0, 0.05) is 18.7 Å². The highest BCUT2D eigenvalue weighted by molar-refractivity contribution is 5.92. The van der Waals surface area contributed by atoms with Crippen LogP contribution >= 0.6 is 0 Å². The van der Waals surface area contributed by atoms with Crippen molar-refractivity contribution in [1.29, 1.82) is 0 Å². The molecule has 0 atom stereocenters. The van der Waals surface area contributed by atoms with E-state index in [1.807, 2.05) is 13.0 Å². The highest BCUT2D eigenvalue weighted by Crippen LogP contribution is 2.20. The van der Waals surface area contributed by atoms with Gasteiger partial charge in [-0.1, -0.05) is 18.7 Å². The van der Waals surface area contributed by atoms with Crippen molar-refractivity contribution in [3.8, 4) is 5.88 Å². The van der Waals surface area contributed by atoms with E-state index in [1.165, 1.54) is 4.90 Å². The van der Waals surface area contributed by atoms with Gasteiger partial charge in [-0.05, 0) is 12.5 Å². The second kappa shape index (κ2) is 7.47. The summed E-state index contributed by atoms with van der Waals surface area (Å²) in [6.45, 7) is 6.98. The molecule has 0 saturated carbocycles. The van der Waals surface area contributed by atoms with Crippen LogP contribution < -0.4 is 4.74 Å². The molecule has 0 radical (unpaired) electrons. The van der Waals surface area contributed by atoms with E-state index in [-0.39, 0.29) is 12.2 Å². The number of fused-ring (bicyclic) bond motifs is 1. The van der Waals surface area contributed by atoms with Crippen LogP contribution in [0.4, 0.5) is 8.78 Å². The van der Waals surface area contributed by atoms with Crippen molar-refractivity contribution < 1.29 is 18.3 Å². The molecule has 2 aromatic rings. The van der Waals surface area contributed by atoms with Gasteiger partial charge in [0.15, 0.2) is 11.5 Å². The van der Waals surface area contributed by atoms with Gasteiger partial charge in [0.1, 0.15) is 12.4 Å². The molecule has 26 heavy (non-hydrogen) atoms. The van der Waals surface area contributed by atoms with E-state index in [0.717, 1.165) is 17.5 Å². The van der Waals surface area contributed by atoms with Crippen LogP contribution in [0, 0.1) is 11.6 Å². The summed E-state index contributed by atoms with van der Waals surface area (Å²) in [6.07, 6.45) is 4.43. The third-order valence-electron chi connectivity index (χ3n) is 4.09. The van der Waals surface area contributed by atoms with E-state index in [9.17, 15) is 13.6 Å². The van der Waals surface area contributed by atoms with Crippen molar-refractivity contribution in [2.45, 2.75) is 20.0 Å². The van der Waals surface area contributed by atoms with Crippen LogP contribution in [-0.2, 0) is 13.1 Å². The second-order valence-corrected chi connectivity index (χ2v) is 5.76. The van der Waals surface area contributed by atoms with Gasteiger partial charge in [0.25, 0.3) is 5.91 Å². The van der Waals surface area contributed by atoms with Crippen molar-refractivity contribution in [1.82, 2.24) is 19.7 Å². The predicted octanol–water partition coefficient (Wildman–Crippen LogP) is 2.72. The van der Waals surface area contributed by atoms with E-state index in [1.54, 1.807) is 16.8 Å². The molecule has 1 aliphatic rings. The Morgan fingerprint density at radius 2 is 2.19 bits per heavy atom. The summed E-state index contributed by atoms with van der Waals surface area (Å²) in [7, 11) is 0. The third-order valence-corrected chi connectivity index (χ3v) is 4.09. The topological polar surface area (TPSA) is 60.2 Å². The second-order valence-electron chi connectivity index (χ2n) is 5.76. The molecule has 136 valence electrons. The maximum atomic E-state index is 13.8. The molecule has 8 heteroatoms. The Bertz CT molecular complexity index is 876. The average molecular weight is 360 g/mol. The van der Waals surface area contributed by atoms with Gasteiger partial charge < -0.3 is 9.64 Å². The molecule has 0 saturated heterocycles. The maximum Gasteiger partial charge on any atom is 0.275 e. The Morgan fingerprint density at radius 1 is 1.38 bits per heavy atom. The fraction of sp³-hybridized carbons (Fsp3) is 0.278. The molecule has 1 amide bonds. The summed E-state index contributed by atoms with van der Waals surface area (Å²) in [5, 5.41) is 4.34. The molecule has 0 fully saturated rings. The highest BCUT2D eigenvalue weighted by Gasteiger charge is 2.26. The van der Waals surface area contributed by atoms with Crippen LogP contribution in [0.2, 0.25) is 0 Å². The molecule has 0 bridgehead atoms. The van der Waals surface area contributed by atoms with Gasteiger partial charge >= 0.3 is 0 Å². The largest absolute Gasteiger partial charge is 0.472 e.